The molecule has 1 aromatic carbocycles. The molecule has 0 saturated heterocycles. The summed E-state index contributed by atoms with van der Waals surface area (Å²) in [6.07, 6.45) is 0. The standard InChI is InChI=1S/C11H12ClF2NO2/c1-6-3-4-8(15-9(16)5-12)10(7(6)2)17-11(13)14/h3-4,11H,5H2,1-2H3,(H,15,16). The van der Waals surface area contributed by atoms with Crippen molar-refractivity contribution >= 4 is 23.2 Å². The van der Waals surface area contributed by atoms with Crippen LogP contribution in [0.1, 0.15) is 11.1 Å². The van der Waals surface area contributed by atoms with E-state index in [2.05, 4.69) is 10.1 Å². The third-order valence-electron chi connectivity index (χ3n) is 2.28. The van der Waals surface area contributed by atoms with Gasteiger partial charge < -0.3 is 10.1 Å². The molecule has 0 spiro atoms. The van der Waals surface area contributed by atoms with E-state index in [-0.39, 0.29) is 17.3 Å². The van der Waals surface area contributed by atoms with Crippen molar-refractivity contribution in [2.75, 3.05) is 11.2 Å². The number of carbonyl (C=O) groups is 1. The monoisotopic (exact) mass is 263 g/mol. The first-order chi connectivity index (χ1) is 7.95. The Morgan fingerprint density at radius 2 is 2.12 bits per heavy atom. The van der Waals surface area contributed by atoms with Crippen molar-refractivity contribution < 1.29 is 18.3 Å². The molecule has 0 unspecified atom stereocenters. The zero-order valence-corrected chi connectivity index (χ0v) is 10.1. The lowest BCUT2D eigenvalue weighted by Gasteiger charge is -2.15. The highest BCUT2D eigenvalue weighted by molar-refractivity contribution is 6.29. The normalized spacial score (nSPS) is 10.5. The topological polar surface area (TPSA) is 38.3 Å². The molecule has 0 radical (unpaired) electrons. The molecule has 0 bridgehead atoms. The lowest BCUT2D eigenvalue weighted by Crippen LogP contribution is -2.15. The molecule has 0 aromatic heterocycles. The van der Waals surface area contributed by atoms with E-state index in [4.69, 9.17) is 11.6 Å². The van der Waals surface area contributed by atoms with Crippen LogP contribution in [0, 0.1) is 13.8 Å². The minimum absolute atomic E-state index is 0.0292. The van der Waals surface area contributed by atoms with Gasteiger partial charge in [0.25, 0.3) is 0 Å². The number of benzene rings is 1. The average Bonchev–Trinajstić information content (AvgIpc) is 2.28. The van der Waals surface area contributed by atoms with Gasteiger partial charge in [0.1, 0.15) is 5.88 Å². The number of hydrogen-bond acceptors (Lipinski definition) is 2. The number of carbonyl (C=O) groups excluding carboxylic acids is 1. The van der Waals surface area contributed by atoms with Crippen LogP contribution in [0.4, 0.5) is 14.5 Å². The first kappa shape index (κ1) is 13.7. The number of ether oxygens (including phenoxy) is 1. The van der Waals surface area contributed by atoms with Gasteiger partial charge in [-0.2, -0.15) is 8.78 Å². The molecule has 0 aliphatic heterocycles. The number of rotatable bonds is 4. The maximum absolute atomic E-state index is 12.3. The van der Waals surface area contributed by atoms with Crippen molar-refractivity contribution in [2.24, 2.45) is 0 Å². The zero-order chi connectivity index (χ0) is 13.0. The fourth-order valence-corrected chi connectivity index (χ4v) is 1.38. The maximum Gasteiger partial charge on any atom is 0.387 e. The lowest BCUT2D eigenvalue weighted by molar-refractivity contribution is -0.114. The Morgan fingerprint density at radius 3 is 2.65 bits per heavy atom. The molecule has 1 rings (SSSR count). The number of halogens is 3. The molecular weight excluding hydrogens is 252 g/mol. The number of nitrogens with one attached hydrogen (secondary N) is 1. The molecular formula is C11H12ClF2NO2. The van der Waals surface area contributed by atoms with Crippen LogP contribution in [-0.4, -0.2) is 18.4 Å². The first-order valence-corrected chi connectivity index (χ1v) is 5.40. The third-order valence-corrected chi connectivity index (χ3v) is 2.52. The molecule has 3 nitrogen and oxygen atoms in total. The van der Waals surface area contributed by atoms with E-state index < -0.39 is 12.5 Å². The van der Waals surface area contributed by atoms with Crippen LogP contribution < -0.4 is 10.1 Å². The van der Waals surface area contributed by atoms with Gasteiger partial charge >= 0.3 is 6.61 Å². The van der Waals surface area contributed by atoms with Crippen LogP contribution in [0.3, 0.4) is 0 Å². The summed E-state index contributed by atoms with van der Waals surface area (Å²) in [5, 5.41) is 2.40. The summed E-state index contributed by atoms with van der Waals surface area (Å²) in [5.74, 6) is -0.756. The fourth-order valence-electron chi connectivity index (χ4n) is 1.31. The molecule has 0 aliphatic carbocycles. The molecule has 1 aromatic rings. The van der Waals surface area contributed by atoms with E-state index in [0.29, 0.717) is 5.56 Å². The van der Waals surface area contributed by atoms with Gasteiger partial charge in [0.15, 0.2) is 5.75 Å². The molecule has 94 valence electrons. The minimum Gasteiger partial charge on any atom is -0.432 e. The van der Waals surface area contributed by atoms with E-state index in [1.165, 1.54) is 6.07 Å². The molecule has 0 atom stereocenters. The van der Waals surface area contributed by atoms with Crippen molar-refractivity contribution in [3.8, 4) is 5.75 Å². The maximum atomic E-state index is 12.3. The van der Waals surface area contributed by atoms with Crippen LogP contribution in [0.15, 0.2) is 12.1 Å². The third kappa shape index (κ3) is 3.56. The highest BCUT2D eigenvalue weighted by Gasteiger charge is 2.15. The fraction of sp³-hybridized carbons (Fsp3) is 0.364. The Bertz CT molecular complexity index is 424. The van der Waals surface area contributed by atoms with Crippen LogP contribution in [0.5, 0.6) is 5.75 Å². The molecule has 1 N–H and O–H groups in total. The van der Waals surface area contributed by atoms with E-state index >= 15 is 0 Å². The smallest absolute Gasteiger partial charge is 0.387 e. The van der Waals surface area contributed by atoms with Crippen molar-refractivity contribution in [3.05, 3.63) is 23.3 Å². The number of anilines is 1. The summed E-state index contributed by atoms with van der Waals surface area (Å²) in [5.41, 5.74) is 1.54. The Balaban J connectivity index is 3.10. The summed E-state index contributed by atoms with van der Waals surface area (Å²) in [6, 6.07) is 3.21. The van der Waals surface area contributed by atoms with E-state index in [0.717, 1.165) is 5.56 Å². The molecule has 0 saturated carbocycles. The van der Waals surface area contributed by atoms with Gasteiger partial charge in [-0.1, -0.05) is 6.07 Å². The van der Waals surface area contributed by atoms with Crippen LogP contribution >= 0.6 is 11.6 Å². The van der Waals surface area contributed by atoms with Gasteiger partial charge in [-0.15, -0.1) is 11.6 Å². The van der Waals surface area contributed by atoms with Crippen LogP contribution in [-0.2, 0) is 4.79 Å². The van der Waals surface area contributed by atoms with Crippen molar-refractivity contribution in [1.82, 2.24) is 0 Å². The van der Waals surface area contributed by atoms with Crippen LogP contribution in [0.2, 0.25) is 0 Å². The van der Waals surface area contributed by atoms with Gasteiger partial charge in [0.05, 0.1) is 5.69 Å². The Morgan fingerprint density at radius 1 is 1.47 bits per heavy atom. The van der Waals surface area contributed by atoms with Gasteiger partial charge in [-0.05, 0) is 31.0 Å². The number of aryl methyl sites for hydroxylation is 1. The summed E-state index contributed by atoms with van der Waals surface area (Å²) < 4.78 is 29.0. The van der Waals surface area contributed by atoms with Crippen molar-refractivity contribution in [3.63, 3.8) is 0 Å². The highest BCUT2D eigenvalue weighted by Crippen LogP contribution is 2.32. The quantitative estimate of drug-likeness (QED) is 0.848. The second kappa shape index (κ2) is 5.82. The molecule has 0 heterocycles. The second-order valence-corrected chi connectivity index (χ2v) is 3.71. The molecule has 6 heteroatoms. The highest BCUT2D eigenvalue weighted by atomic mass is 35.5. The summed E-state index contributed by atoms with van der Waals surface area (Å²) in [6.45, 7) is 0.465. The molecule has 0 fully saturated rings. The predicted molar refractivity (Wildman–Crippen MR) is 61.9 cm³/mol. The van der Waals surface area contributed by atoms with Crippen molar-refractivity contribution in [1.29, 1.82) is 0 Å². The Hall–Kier alpha value is -1.36. The Labute approximate surface area is 103 Å². The number of alkyl halides is 3. The lowest BCUT2D eigenvalue weighted by atomic mass is 10.1. The van der Waals surface area contributed by atoms with E-state index in [1.54, 1.807) is 19.9 Å². The molecule has 1 amide bonds. The second-order valence-electron chi connectivity index (χ2n) is 3.44. The summed E-state index contributed by atoms with van der Waals surface area (Å²) in [7, 11) is 0. The van der Waals surface area contributed by atoms with Crippen molar-refractivity contribution in [2.45, 2.75) is 20.5 Å². The number of hydrogen-bond donors (Lipinski definition) is 1. The minimum atomic E-state index is -2.94. The molecule has 0 aliphatic rings. The first-order valence-electron chi connectivity index (χ1n) is 4.86. The summed E-state index contributed by atoms with van der Waals surface area (Å²) >= 11 is 5.33. The van der Waals surface area contributed by atoms with Gasteiger partial charge in [-0.3, -0.25) is 4.79 Å². The van der Waals surface area contributed by atoms with Crippen LogP contribution in [0.25, 0.3) is 0 Å². The van der Waals surface area contributed by atoms with E-state index in [1.807, 2.05) is 0 Å². The summed E-state index contributed by atoms with van der Waals surface area (Å²) in [4.78, 5) is 11.1. The average molecular weight is 264 g/mol. The SMILES string of the molecule is Cc1ccc(NC(=O)CCl)c(OC(F)F)c1C. The zero-order valence-electron chi connectivity index (χ0n) is 9.39. The van der Waals surface area contributed by atoms with E-state index in [9.17, 15) is 13.6 Å². The number of amides is 1. The van der Waals surface area contributed by atoms with Gasteiger partial charge in [-0.25, -0.2) is 0 Å². The largest absolute Gasteiger partial charge is 0.432 e. The van der Waals surface area contributed by atoms with Gasteiger partial charge in [0, 0.05) is 0 Å². The predicted octanol–water partition coefficient (Wildman–Crippen LogP) is 3.08. The Kier molecular flexibility index (Phi) is 4.69. The van der Waals surface area contributed by atoms with Gasteiger partial charge in [0.2, 0.25) is 5.91 Å². The molecule has 17 heavy (non-hydrogen) atoms.